The van der Waals surface area contributed by atoms with Gasteiger partial charge in [0.2, 0.25) is 5.91 Å². The van der Waals surface area contributed by atoms with Gasteiger partial charge in [0.15, 0.2) is 0 Å². The Morgan fingerprint density at radius 2 is 1.73 bits per heavy atom. The quantitative estimate of drug-likeness (QED) is 0.912. The van der Waals surface area contributed by atoms with Crippen LogP contribution < -0.4 is 5.32 Å². The van der Waals surface area contributed by atoms with E-state index >= 15 is 0 Å². The Bertz CT molecular complexity index is 786. The molecule has 1 fully saturated rings. The predicted molar refractivity (Wildman–Crippen MR) is 96.1 cm³/mol. The summed E-state index contributed by atoms with van der Waals surface area (Å²) < 4.78 is 12.9. The highest BCUT2D eigenvalue weighted by atomic mass is 19.1. The molecule has 2 aromatic rings. The van der Waals surface area contributed by atoms with Crippen LogP contribution in [0.2, 0.25) is 0 Å². The van der Waals surface area contributed by atoms with Crippen molar-refractivity contribution in [1.29, 1.82) is 0 Å². The number of pyridine rings is 1. The molecule has 0 saturated carbocycles. The Morgan fingerprint density at radius 1 is 1.08 bits per heavy atom. The monoisotopic (exact) mass is 356 g/mol. The molecule has 6 nitrogen and oxygen atoms in total. The summed E-state index contributed by atoms with van der Waals surface area (Å²) in [5, 5.41) is 3.21. The van der Waals surface area contributed by atoms with Crippen molar-refractivity contribution in [3.63, 3.8) is 0 Å². The Morgan fingerprint density at radius 3 is 2.38 bits per heavy atom. The molecule has 1 aromatic carbocycles. The minimum absolute atomic E-state index is 0.0298. The van der Waals surface area contributed by atoms with Gasteiger partial charge in [-0.05, 0) is 29.8 Å². The molecular formula is C19H21FN4O2. The molecule has 2 heterocycles. The van der Waals surface area contributed by atoms with Crippen LogP contribution in [0.5, 0.6) is 0 Å². The first-order chi connectivity index (χ1) is 12.5. The van der Waals surface area contributed by atoms with Crippen LogP contribution in [-0.4, -0.2) is 52.8 Å². The number of carbonyl (C=O) groups is 2. The van der Waals surface area contributed by atoms with Crippen molar-refractivity contribution >= 4 is 17.5 Å². The van der Waals surface area contributed by atoms with E-state index in [1.54, 1.807) is 40.3 Å². The maximum absolute atomic E-state index is 12.9. The van der Waals surface area contributed by atoms with Crippen molar-refractivity contribution < 1.29 is 14.0 Å². The Hall–Kier alpha value is -2.96. The van der Waals surface area contributed by atoms with E-state index in [9.17, 15) is 14.0 Å². The molecule has 0 radical (unpaired) electrons. The number of nitrogens with zero attached hydrogens (tertiary/aromatic N) is 3. The normalized spacial score (nSPS) is 14.2. The van der Waals surface area contributed by atoms with Crippen LogP contribution in [-0.2, 0) is 11.3 Å². The zero-order valence-corrected chi connectivity index (χ0v) is 14.6. The lowest BCUT2D eigenvalue weighted by atomic mass is 10.2. The Labute approximate surface area is 151 Å². The number of nitrogens with one attached hydrogen (secondary N) is 1. The van der Waals surface area contributed by atoms with E-state index in [2.05, 4.69) is 10.3 Å². The third kappa shape index (κ3) is 4.36. The summed E-state index contributed by atoms with van der Waals surface area (Å²) in [5.41, 5.74) is 2.08. The zero-order valence-electron chi connectivity index (χ0n) is 14.6. The number of rotatable bonds is 4. The first-order valence-corrected chi connectivity index (χ1v) is 8.52. The first-order valence-electron chi connectivity index (χ1n) is 8.52. The molecule has 2 amide bonds. The molecule has 0 bridgehead atoms. The number of benzene rings is 1. The molecule has 26 heavy (non-hydrogen) atoms. The van der Waals surface area contributed by atoms with E-state index in [0.29, 0.717) is 38.4 Å². The highest BCUT2D eigenvalue weighted by Gasteiger charge is 2.24. The third-order valence-electron chi connectivity index (χ3n) is 4.40. The molecule has 136 valence electrons. The van der Waals surface area contributed by atoms with Crippen LogP contribution in [0.1, 0.15) is 23.0 Å². The van der Waals surface area contributed by atoms with E-state index in [1.165, 1.54) is 19.1 Å². The minimum atomic E-state index is -0.268. The molecule has 1 aliphatic heterocycles. The third-order valence-corrected chi connectivity index (χ3v) is 4.40. The zero-order chi connectivity index (χ0) is 18.5. The highest BCUT2D eigenvalue weighted by molar-refractivity contribution is 5.93. The second-order valence-corrected chi connectivity index (χ2v) is 6.21. The molecular weight excluding hydrogens is 335 g/mol. The van der Waals surface area contributed by atoms with Gasteiger partial charge in [-0.2, -0.15) is 0 Å². The maximum atomic E-state index is 12.9. The number of piperazine rings is 1. The molecule has 1 aliphatic rings. The average molecular weight is 356 g/mol. The van der Waals surface area contributed by atoms with Crippen molar-refractivity contribution in [2.45, 2.75) is 13.5 Å². The Kier molecular flexibility index (Phi) is 5.46. The van der Waals surface area contributed by atoms with Gasteiger partial charge in [0.25, 0.3) is 5.91 Å². The average Bonchev–Trinajstić information content (AvgIpc) is 2.67. The van der Waals surface area contributed by atoms with Gasteiger partial charge in [-0.15, -0.1) is 0 Å². The van der Waals surface area contributed by atoms with Crippen LogP contribution in [0.25, 0.3) is 0 Å². The van der Waals surface area contributed by atoms with Gasteiger partial charge in [0, 0.05) is 51.5 Å². The number of carbonyl (C=O) groups excluding carboxylic acids is 2. The SMILES string of the molecule is CC(=O)N1CCN(C(=O)c2cc(NCc3ccc(F)cc3)ccn2)CC1. The molecule has 0 unspecified atom stereocenters. The number of anilines is 1. The van der Waals surface area contributed by atoms with Crippen LogP contribution in [0.15, 0.2) is 42.6 Å². The van der Waals surface area contributed by atoms with Crippen LogP contribution in [0, 0.1) is 5.82 Å². The predicted octanol–water partition coefficient (Wildman–Crippen LogP) is 2.14. The number of aromatic nitrogens is 1. The van der Waals surface area contributed by atoms with Crippen LogP contribution in [0.4, 0.5) is 10.1 Å². The van der Waals surface area contributed by atoms with Crippen molar-refractivity contribution in [1.82, 2.24) is 14.8 Å². The molecule has 7 heteroatoms. The van der Waals surface area contributed by atoms with Gasteiger partial charge >= 0.3 is 0 Å². The second-order valence-electron chi connectivity index (χ2n) is 6.21. The van der Waals surface area contributed by atoms with Gasteiger partial charge in [0.05, 0.1) is 0 Å². The minimum Gasteiger partial charge on any atom is -0.381 e. The lowest BCUT2D eigenvalue weighted by Crippen LogP contribution is -2.50. The lowest BCUT2D eigenvalue weighted by Gasteiger charge is -2.34. The molecule has 1 N–H and O–H groups in total. The van der Waals surface area contributed by atoms with Crippen LogP contribution in [0.3, 0.4) is 0 Å². The molecule has 0 spiro atoms. The number of hydrogen-bond donors (Lipinski definition) is 1. The topological polar surface area (TPSA) is 65.5 Å². The van der Waals surface area contributed by atoms with E-state index in [0.717, 1.165) is 11.3 Å². The lowest BCUT2D eigenvalue weighted by molar-refractivity contribution is -0.130. The maximum Gasteiger partial charge on any atom is 0.272 e. The van der Waals surface area contributed by atoms with Gasteiger partial charge < -0.3 is 15.1 Å². The molecule has 0 aliphatic carbocycles. The van der Waals surface area contributed by atoms with E-state index in [-0.39, 0.29) is 17.6 Å². The van der Waals surface area contributed by atoms with Crippen molar-refractivity contribution in [2.24, 2.45) is 0 Å². The van der Waals surface area contributed by atoms with Crippen molar-refractivity contribution in [3.8, 4) is 0 Å². The molecule has 3 rings (SSSR count). The summed E-state index contributed by atoms with van der Waals surface area (Å²) in [6.45, 7) is 4.17. The fourth-order valence-corrected chi connectivity index (χ4v) is 2.85. The second kappa shape index (κ2) is 7.95. The summed E-state index contributed by atoms with van der Waals surface area (Å²) >= 11 is 0. The fourth-order valence-electron chi connectivity index (χ4n) is 2.85. The molecule has 0 atom stereocenters. The fraction of sp³-hybridized carbons (Fsp3) is 0.316. The largest absolute Gasteiger partial charge is 0.381 e. The number of hydrogen-bond acceptors (Lipinski definition) is 4. The van der Waals surface area contributed by atoms with Gasteiger partial charge in [0.1, 0.15) is 11.5 Å². The summed E-state index contributed by atoms with van der Waals surface area (Å²) in [7, 11) is 0. The standard InChI is InChI=1S/C19H21FN4O2/c1-14(25)23-8-10-24(11-9-23)19(26)18-12-17(6-7-21-18)22-13-15-2-4-16(20)5-3-15/h2-7,12H,8-11,13H2,1H3,(H,21,22). The summed E-state index contributed by atoms with van der Waals surface area (Å²) in [6, 6.07) is 9.75. The van der Waals surface area contributed by atoms with Crippen molar-refractivity contribution in [2.75, 3.05) is 31.5 Å². The Balaban J connectivity index is 1.60. The van der Waals surface area contributed by atoms with Crippen molar-refractivity contribution in [3.05, 3.63) is 59.7 Å². The summed E-state index contributed by atoms with van der Waals surface area (Å²) in [4.78, 5) is 31.6. The molecule has 1 saturated heterocycles. The van der Waals surface area contributed by atoms with E-state index in [1.807, 2.05) is 0 Å². The van der Waals surface area contributed by atoms with E-state index < -0.39 is 0 Å². The number of halogens is 1. The smallest absolute Gasteiger partial charge is 0.272 e. The van der Waals surface area contributed by atoms with E-state index in [4.69, 9.17) is 0 Å². The summed E-state index contributed by atoms with van der Waals surface area (Å²) in [6.07, 6.45) is 1.59. The number of amides is 2. The van der Waals surface area contributed by atoms with Crippen LogP contribution >= 0.6 is 0 Å². The summed E-state index contributed by atoms with van der Waals surface area (Å²) in [5.74, 6) is -0.378. The van der Waals surface area contributed by atoms with Gasteiger partial charge in [-0.25, -0.2) is 4.39 Å². The van der Waals surface area contributed by atoms with Gasteiger partial charge in [-0.1, -0.05) is 12.1 Å². The highest BCUT2D eigenvalue weighted by Crippen LogP contribution is 2.13. The van der Waals surface area contributed by atoms with Gasteiger partial charge in [-0.3, -0.25) is 14.6 Å². The first kappa shape index (κ1) is 17.8. The molecule has 1 aromatic heterocycles.